The number of nitrogens with zero attached hydrogens (tertiary/aromatic N) is 9. The van der Waals surface area contributed by atoms with Crippen molar-refractivity contribution < 1.29 is 13.2 Å². The molecule has 0 fully saturated rings. The summed E-state index contributed by atoms with van der Waals surface area (Å²) in [4.78, 5) is 17.2. The van der Waals surface area contributed by atoms with Crippen LogP contribution in [-0.4, -0.2) is 65.3 Å². The fourth-order valence-electron chi connectivity index (χ4n) is 3.95. The quantitative estimate of drug-likeness (QED) is 0.316. The van der Waals surface area contributed by atoms with Crippen molar-refractivity contribution in [3.05, 3.63) is 65.1 Å². The molecule has 0 unspecified atom stereocenters. The lowest BCUT2D eigenvalue weighted by molar-refractivity contribution is 0.0948. The molecule has 0 amide bonds. The van der Waals surface area contributed by atoms with Gasteiger partial charge in [0.25, 0.3) is 0 Å². The second-order valence-electron chi connectivity index (χ2n) is 8.32. The van der Waals surface area contributed by atoms with E-state index in [-0.39, 0.29) is 11.6 Å². The Hall–Kier alpha value is -3.29. The van der Waals surface area contributed by atoms with Crippen molar-refractivity contribution in [1.29, 1.82) is 0 Å². The monoisotopic (exact) mass is 531 g/mol. The van der Waals surface area contributed by atoms with Crippen molar-refractivity contribution >= 4 is 21.4 Å². The summed E-state index contributed by atoms with van der Waals surface area (Å²) in [5.74, 6) is 1.10. The van der Waals surface area contributed by atoms with Crippen LogP contribution in [-0.2, 0) is 27.4 Å². The molecule has 0 radical (unpaired) electrons. The minimum absolute atomic E-state index is 0.219. The number of hydrogen-bond donors (Lipinski definition) is 0. The first-order valence-corrected chi connectivity index (χ1v) is 13.1. The van der Waals surface area contributed by atoms with Gasteiger partial charge in [0.05, 0.1) is 16.3 Å². The lowest BCUT2D eigenvalue weighted by Gasteiger charge is -2.22. The van der Waals surface area contributed by atoms with Crippen molar-refractivity contribution in [2.45, 2.75) is 43.9 Å². The van der Waals surface area contributed by atoms with Gasteiger partial charge in [0.2, 0.25) is 0 Å². The Morgan fingerprint density at radius 3 is 2.44 bits per heavy atom. The molecular formula is C22H26ClN9O3S. The van der Waals surface area contributed by atoms with Gasteiger partial charge in [0, 0.05) is 32.2 Å². The highest BCUT2D eigenvalue weighted by atomic mass is 35.5. The van der Waals surface area contributed by atoms with Crippen LogP contribution < -0.4 is 0 Å². The number of sulfone groups is 1. The molecule has 0 spiro atoms. The Balaban J connectivity index is 1.75. The lowest BCUT2D eigenvalue weighted by Crippen LogP contribution is -2.30. The Kier molecular flexibility index (Phi) is 7.43. The molecule has 4 heterocycles. The third kappa shape index (κ3) is 5.13. The van der Waals surface area contributed by atoms with Gasteiger partial charge in [0.1, 0.15) is 35.5 Å². The summed E-state index contributed by atoms with van der Waals surface area (Å²) in [5.41, 5.74) is 1.36. The van der Waals surface area contributed by atoms with Gasteiger partial charge >= 0.3 is 0 Å². The number of hydrogen-bond acceptors (Lipinski definition) is 10. The minimum Gasteiger partial charge on any atom is -0.372 e. The predicted octanol–water partition coefficient (Wildman–Crippen LogP) is 2.52. The molecule has 0 N–H and O–H groups in total. The number of ether oxygens (including phenoxy) is 1. The zero-order valence-corrected chi connectivity index (χ0v) is 22.0. The van der Waals surface area contributed by atoms with Crippen molar-refractivity contribution in [1.82, 2.24) is 44.5 Å². The first-order valence-electron chi connectivity index (χ1n) is 11.1. The van der Waals surface area contributed by atoms with E-state index in [1.807, 2.05) is 26.0 Å². The zero-order valence-electron chi connectivity index (χ0n) is 20.4. The van der Waals surface area contributed by atoms with Gasteiger partial charge < -0.3 is 4.74 Å². The van der Waals surface area contributed by atoms with Gasteiger partial charge in [-0.05, 0) is 32.9 Å². The van der Waals surface area contributed by atoms with Gasteiger partial charge in [-0.15, -0.1) is 10.2 Å². The standard InChI is InChI=1S/C22H26ClN9O3S/c1-13-7-6-8-17(28-13)22-30-29-18(32(22)14(2)21-26-12-27-31(21)4)11-36(33,34)15(3)19(35-5)20-24-9-16(23)10-25-20/h6-10,12,14-15,19H,11H2,1-5H3/t14-,15+,19+/m1/s1. The molecule has 4 aromatic rings. The number of aryl methyl sites for hydroxylation is 2. The lowest BCUT2D eigenvalue weighted by atomic mass is 10.2. The smallest absolute Gasteiger partial charge is 0.183 e. The van der Waals surface area contributed by atoms with Crippen LogP contribution in [0.1, 0.15) is 49.2 Å². The maximum absolute atomic E-state index is 13.6. The Labute approximate surface area is 213 Å². The van der Waals surface area contributed by atoms with E-state index in [4.69, 9.17) is 16.3 Å². The van der Waals surface area contributed by atoms with E-state index in [9.17, 15) is 8.42 Å². The summed E-state index contributed by atoms with van der Waals surface area (Å²) < 4.78 is 36.0. The van der Waals surface area contributed by atoms with Crippen molar-refractivity contribution in [3.8, 4) is 11.5 Å². The molecule has 0 aliphatic rings. The number of pyridine rings is 1. The van der Waals surface area contributed by atoms with E-state index < -0.39 is 33.0 Å². The molecule has 12 nitrogen and oxygen atoms in total. The normalized spacial score (nSPS) is 14.5. The largest absolute Gasteiger partial charge is 0.372 e. The van der Waals surface area contributed by atoms with Gasteiger partial charge in [0.15, 0.2) is 21.5 Å². The molecule has 0 aromatic carbocycles. The van der Waals surface area contributed by atoms with Gasteiger partial charge in [-0.1, -0.05) is 17.7 Å². The fourth-order valence-corrected chi connectivity index (χ4v) is 5.47. The molecule has 0 bridgehead atoms. The summed E-state index contributed by atoms with van der Waals surface area (Å²) in [7, 11) is -0.642. The van der Waals surface area contributed by atoms with Crippen molar-refractivity contribution in [2.75, 3.05) is 7.11 Å². The number of halogens is 1. The molecule has 0 aliphatic carbocycles. The highest BCUT2D eigenvalue weighted by molar-refractivity contribution is 7.91. The topological polar surface area (TPSA) is 143 Å². The van der Waals surface area contributed by atoms with Gasteiger partial charge in [-0.3, -0.25) is 9.25 Å². The summed E-state index contributed by atoms with van der Waals surface area (Å²) in [5, 5.41) is 12.1. The molecule has 3 atom stereocenters. The molecular weight excluding hydrogens is 506 g/mol. The van der Waals surface area contributed by atoms with E-state index in [0.717, 1.165) is 5.69 Å². The van der Waals surface area contributed by atoms with Crippen molar-refractivity contribution in [3.63, 3.8) is 0 Å². The molecule has 0 aliphatic heterocycles. The Morgan fingerprint density at radius 1 is 1.11 bits per heavy atom. The van der Waals surface area contributed by atoms with E-state index >= 15 is 0 Å². The fraction of sp³-hybridized carbons (Fsp3) is 0.409. The number of aromatic nitrogens is 9. The minimum atomic E-state index is -3.82. The Morgan fingerprint density at radius 2 is 1.83 bits per heavy atom. The van der Waals surface area contributed by atoms with Crippen LogP contribution in [0.25, 0.3) is 11.5 Å². The summed E-state index contributed by atoms with van der Waals surface area (Å²) in [6.45, 7) is 5.30. The Bertz CT molecular complexity index is 1450. The van der Waals surface area contributed by atoms with E-state index in [1.54, 1.807) is 29.3 Å². The van der Waals surface area contributed by atoms with Crippen LogP contribution in [0.5, 0.6) is 0 Å². The first kappa shape index (κ1) is 25.8. The summed E-state index contributed by atoms with van der Waals surface area (Å²) in [6, 6.07) is 5.10. The average Bonchev–Trinajstić information content (AvgIpc) is 3.46. The third-order valence-corrected chi connectivity index (χ3v) is 8.10. The predicted molar refractivity (Wildman–Crippen MR) is 132 cm³/mol. The highest BCUT2D eigenvalue weighted by Gasteiger charge is 2.35. The second kappa shape index (κ2) is 10.4. The van der Waals surface area contributed by atoms with Crippen LogP contribution in [0.15, 0.2) is 36.9 Å². The van der Waals surface area contributed by atoms with Gasteiger partial charge in [-0.25, -0.2) is 28.4 Å². The van der Waals surface area contributed by atoms with Crippen LogP contribution in [0.4, 0.5) is 0 Å². The van der Waals surface area contributed by atoms with Crippen LogP contribution in [0.2, 0.25) is 5.02 Å². The molecule has 4 rings (SSSR count). The van der Waals surface area contributed by atoms with E-state index in [1.165, 1.54) is 25.8 Å². The molecule has 36 heavy (non-hydrogen) atoms. The maximum atomic E-state index is 13.6. The van der Waals surface area contributed by atoms with Crippen LogP contribution in [0.3, 0.4) is 0 Å². The van der Waals surface area contributed by atoms with Crippen molar-refractivity contribution in [2.24, 2.45) is 7.05 Å². The van der Waals surface area contributed by atoms with E-state index in [0.29, 0.717) is 22.4 Å². The second-order valence-corrected chi connectivity index (χ2v) is 11.1. The molecule has 0 saturated carbocycles. The van der Waals surface area contributed by atoms with Crippen LogP contribution >= 0.6 is 11.6 Å². The molecule has 4 aromatic heterocycles. The van der Waals surface area contributed by atoms with Gasteiger partial charge in [-0.2, -0.15) is 5.10 Å². The molecule has 190 valence electrons. The molecule has 0 saturated heterocycles. The summed E-state index contributed by atoms with van der Waals surface area (Å²) in [6.07, 6.45) is 3.33. The average molecular weight is 532 g/mol. The molecule has 14 heteroatoms. The first-order chi connectivity index (χ1) is 17.1. The highest BCUT2D eigenvalue weighted by Crippen LogP contribution is 2.29. The maximum Gasteiger partial charge on any atom is 0.183 e. The number of methoxy groups -OCH3 is 1. The van der Waals surface area contributed by atoms with Crippen LogP contribution in [0, 0.1) is 6.92 Å². The van der Waals surface area contributed by atoms with E-state index in [2.05, 4.69) is 35.2 Å². The summed E-state index contributed by atoms with van der Waals surface area (Å²) >= 11 is 5.88. The third-order valence-electron chi connectivity index (χ3n) is 5.86. The zero-order chi connectivity index (χ0) is 26.0. The SMILES string of the molecule is CO[C@H](c1ncc(Cl)cn1)[C@H](C)S(=O)(=O)Cc1nnc(-c2cccc(C)n2)n1[C@H](C)c1ncnn1C. The number of rotatable bonds is 9.